The van der Waals surface area contributed by atoms with Crippen molar-refractivity contribution < 1.29 is 9.53 Å². The van der Waals surface area contributed by atoms with Gasteiger partial charge in [0.2, 0.25) is 5.88 Å². The summed E-state index contributed by atoms with van der Waals surface area (Å²) in [5.41, 5.74) is 1.38. The SMILES string of the molecule is Cc1ccc(OC2CCN(C(=O)c3cc(Br)ccc3Cl)CC2)nn1. The average Bonchev–Trinajstić information content (AvgIpc) is 2.59. The Balaban J connectivity index is 1.59. The summed E-state index contributed by atoms with van der Waals surface area (Å²) in [6, 6.07) is 9.00. The van der Waals surface area contributed by atoms with Gasteiger partial charge in [-0.05, 0) is 31.2 Å². The molecule has 2 aromatic rings. The molecule has 0 spiro atoms. The highest BCUT2D eigenvalue weighted by Gasteiger charge is 2.26. The molecule has 0 radical (unpaired) electrons. The number of likely N-dealkylation sites (tertiary alicyclic amines) is 1. The summed E-state index contributed by atoms with van der Waals surface area (Å²) in [4.78, 5) is 14.4. The van der Waals surface area contributed by atoms with E-state index < -0.39 is 0 Å². The van der Waals surface area contributed by atoms with Crippen LogP contribution in [0.4, 0.5) is 0 Å². The van der Waals surface area contributed by atoms with E-state index in [1.165, 1.54) is 0 Å². The highest BCUT2D eigenvalue weighted by atomic mass is 79.9. The van der Waals surface area contributed by atoms with Crippen molar-refractivity contribution in [3.63, 3.8) is 0 Å². The fourth-order valence-electron chi connectivity index (χ4n) is 2.63. The van der Waals surface area contributed by atoms with Crippen molar-refractivity contribution in [3.05, 3.63) is 51.1 Å². The number of benzene rings is 1. The van der Waals surface area contributed by atoms with Crippen LogP contribution in [0.25, 0.3) is 0 Å². The number of piperidine rings is 1. The number of hydrogen-bond donors (Lipinski definition) is 0. The minimum absolute atomic E-state index is 0.0454. The van der Waals surface area contributed by atoms with E-state index in [4.69, 9.17) is 16.3 Å². The molecule has 0 atom stereocenters. The number of aryl methyl sites for hydroxylation is 1. The highest BCUT2D eigenvalue weighted by Crippen LogP contribution is 2.24. The van der Waals surface area contributed by atoms with Crippen molar-refractivity contribution in [2.45, 2.75) is 25.9 Å². The van der Waals surface area contributed by atoms with Crippen LogP contribution in [0.15, 0.2) is 34.8 Å². The predicted molar refractivity (Wildman–Crippen MR) is 95.5 cm³/mol. The van der Waals surface area contributed by atoms with Crippen LogP contribution < -0.4 is 4.74 Å². The van der Waals surface area contributed by atoms with E-state index in [-0.39, 0.29) is 12.0 Å². The Labute approximate surface area is 154 Å². The van der Waals surface area contributed by atoms with Crippen molar-refractivity contribution >= 4 is 33.4 Å². The van der Waals surface area contributed by atoms with Crippen LogP contribution in [0, 0.1) is 6.92 Å². The molecule has 1 amide bonds. The second-order valence-electron chi connectivity index (χ2n) is 5.75. The molecular formula is C17H17BrClN3O2. The minimum atomic E-state index is -0.0464. The van der Waals surface area contributed by atoms with Gasteiger partial charge in [-0.25, -0.2) is 0 Å². The molecule has 0 saturated carbocycles. The van der Waals surface area contributed by atoms with E-state index in [1.807, 2.05) is 30.0 Å². The third-order valence-electron chi connectivity index (χ3n) is 3.95. The van der Waals surface area contributed by atoms with E-state index >= 15 is 0 Å². The van der Waals surface area contributed by atoms with Crippen LogP contribution in [-0.2, 0) is 0 Å². The van der Waals surface area contributed by atoms with Crippen LogP contribution >= 0.6 is 27.5 Å². The number of carbonyl (C=O) groups is 1. The lowest BCUT2D eigenvalue weighted by atomic mass is 10.1. The molecule has 1 aliphatic heterocycles. The summed E-state index contributed by atoms with van der Waals surface area (Å²) in [5.74, 6) is 0.482. The van der Waals surface area contributed by atoms with Gasteiger partial charge in [-0.1, -0.05) is 27.5 Å². The van der Waals surface area contributed by atoms with Gasteiger partial charge in [0.15, 0.2) is 0 Å². The van der Waals surface area contributed by atoms with E-state index in [1.54, 1.807) is 12.1 Å². The molecule has 126 valence electrons. The molecule has 3 rings (SSSR count). The standard InChI is InChI=1S/C17H17BrClN3O2/c1-11-2-5-16(21-20-11)24-13-6-8-22(9-7-13)17(23)14-10-12(18)3-4-15(14)19/h2-5,10,13H,6-9H2,1H3. The van der Waals surface area contributed by atoms with Gasteiger partial charge >= 0.3 is 0 Å². The lowest BCUT2D eigenvalue weighted by Gasteiger charge is -2.32. The van der Waals surface area contributed by atoms with E-state index in [2.05, 4.69) is 26.1 Å². The first-order chi connectivity index (χ1) is 11.5. The highest BCUT2D eigenvalue weighted by molar-refractivity contribution is 9.10. The van der Waals surface area contributed by atoms with Gasteiger partial charge in [-0.2, -0.15) is 5.10 Å². The summed E-state index contributed by atoms with van der Waals surface area (Å²) in [6.45, 7) is 3.14. The molecule has 0 bridgehead atoms. The molecule has 24 heavy (non-hydrogen) atoms. The molecule has 1 fully saturated rings. The molecule has 1 aliphatic rings. The van der Waals surface area contributed by atoms with Crippen molar-refractivity contribution in [1.82, 2.24) is 15.1 Å². The zero-order valence-corrected chi connectivity index (χ0v) is 15.5. The molecule has 0 unspecified atom stereocenters. The quantitative estimate of drug-likeness (QED) is 0.770. The Morgan fingerprint density at radius 2 is 2.00 bits per heavy atom. The number of nitrogens with zero attached hydrogens (tertiary/aromatic N) is 3. The van der Waals surface area contributed by atoms with Crippen molar-refractivity contribution in [1.29, 1.82) is 0 Å². The predicted octanol–water partition coefficient (Wildman–Crippen LogP) is 3.88. The van der Waals surface area contributed by atoms with Gasteiger partial charge in [0.05, 0.1) is 16.3 Å². The third kappa shape index (κ3) is 4.05. The maximum absolute atomic E-state index is 12.6. The maximum atomic E-state index is 12.6. The average molecular weight is 411 g/mol. The van der Waals surface area contributed by atoms with Gasteiger partial charge in [-0.3, -0.25) is 4.79 Å². The van der Waals surface area contributed by atoms with E-state index in [0.717, 1.165) is 23.0 Å². The fraction of sp³-hybridized carbons (Fsp3) is 0.353. The van der Waals surface area contributed by atoms with Crippen LogP contribution in [0.5, 0.6) is 5.88 Å². The smallest absolute Gasteiger partial charge is 0.255 e. The summed E-state index contributed by atoms with van der Waals surface area (Å²) in [7, 11) is 0. The van der Waals surface area contributed by atoms with Gasteiger partial charge in [-0.15, -0.1) is 5.10 Å². The second-order valence-corrected chi connectivity index (χ2v) is 7.07. The van der Waals surface area contributed by atoms with Crippen LogP contribution in [0.3, 0.4) is 0 Å². The Bertz CT molecular complexity index is 731. The number of aromatic nitrogens is 2. The van der Waals surface area contributed by atoms with E-state index in [9.17, 15) is 4.79 Å². The van der Waals surface area contributed by atoms with Gasteiger partial charge in [0.1, 0.15) is 6.10 Å². The van der Waals surface area contributed by atoms with Crippen molar-refractivity contribution in [3.8, 4) is 5.88 Å². The number of hydrogen-bond acceptors (Lipinski definition) is 4. The fourth-order valence-corrected chi connectivity index (χ4v) is 3.19. The number of amides is 1. The molecule has 1 aromatic heterocycles. The normalized spacial score (nSPS) is 15.4. The van der Waals surface area contributed by atoms with Gasteiger partial charge in [0.25, 0.3) is 5.91 Å². The first kappa shape index (κ1) is 17.2. The summed E-state index contributed by atoms with van der Waals surface area (Å²) >= 11 is 9.53. The van der Waals surface area contributed by atoms with Crippen molar-refractivity contribution in [2.75, 3.05) is 13.1 Å². The number of rotatable bonds is 3. The van der Waals surface area contributed by atoms with E-state index in [0.29, 0.717) is 29.6 Å². The number of halogens is 2. The van der Waals surface area contributed by atoms with Crippen LogP contribution in [0.2, 0.25) is 5.02 Å². The molecule has 5 nitrogen and oxygen atoms in total. The Morgan fingerprint density at radius 3 is 2.67 bits per heavy atom. The molecular weight excluding hydrogens is 394 g/mol. The molecule has 1 saturated heterocycles. The zero-order chi connectivity index (χ0) is 17.1. The largest absolute Gasteiger partial charge is 0.473 e. The third-order valence-corrected chi connectivity index (χ3v) is 4.77. The Hall–Kier alpha value is -1.66. The van der Waals surface area contributed by atoms with Crippen LogP contribution in [-0.4, -0.2) is 40.2 Å². The molecule has 1 aromatic carbocycles. The topological polar surface area (TPSA) is 55.3 Å². The molecule has 2 heterocycles. The summed E-state index contributed by atoms with van der Waals surface area (Å²) in [6.07, 6.45) is 1.56. The lowest BCUT2D eigenvalue weighted by Crippen LogP contribution is -2.42. The number of ether oxygens (including phenoxy) is 1. The molecule has 0 aliphatic carbocycles. The minimum Gasteiger partial charge on any atom is -0.473 e. The molecule has 0 N–H and O–H groups in total. The lowest BCUT2D eigenvalue weighted by molar-refractivity contribution is 0.0586. The zero-order valence-electron chi connectivity index (χ0n) is 13.2. The Morgan fingerprint density at radius 1 is 1.25 bits per heavy atom. The summed E-state index contributed by atoms with van der Waals surface area (Å²) in [5, 5.41) is 8.48. The van der Waals surface area contributed by atoms with Gasteiger partial charge in [0, 0.05) is 36.5 Å². The van der Waals surface area contributed by atoms with Gasteiger partial charge < -0.3 is 9.64 Å². The van der Waals surface area contributed by atoms with Crippen LogP contribution in [0.1, 0.15) is 28.9 Å². The second kappa shape index (κ2) is 7.49. The summed E-state index contributed by atoms with van der Waals surface area (Å²) < 4.78 is 6.68. The first-order valence-corrected chi connectivity index (χ1v) is 8.91. The number of carbonyl (C=O) groups excluding carboxylic acids is 1. The Kier molecular flexibility index (Phi) is 5.36. The maximum Gasteiger partial charge on any atom is 0.255 e. The molecule has 7 heteroatoms. The first-order valence-electron chi connectivity index (χ1n) is 7.74. The van der Waals surface area contributed by atoms with Crippen molar-refractivity contribution in [2.24, 2.45) is 0 Å². The monoisotopic (exact) mass is 409 g/mol.